The highest BCUT2D eigenvalue weighted by molar-refractivity contribution is 5.83. The van der Waals surface area contributed by atoms with Crippen molar-refractivity contribution in [3.63, 3.8) is 0 Å². The first-order chi connectivity index (χ1) is 8.82. The van der Waals surface area contributed by atoms with Crippen molar-refractivity contribution in [3.8, 4) is 0 Å². The average Bonchev–Trinajstić information content (AvgIpc) is 2.29. The minimum absolute atomic E-state index is 0.0181. The number of rotatable bonds is 9. The number of primary amides is 1. The van der Waals surface area contributed by atoms with Gasteiger partial charge < -0.3 is 26.4 Å². The molecule has 0 unspecified atom stereocenters. The number of nitrogens with two attached hydrogens (primary N) is 1. The third-order valence-corrected chi connectivity index (χ3v) is 2.35. The molecule has 1 atom stereocenters. The molecule has 0 radical (unpaired) electrons. The summed E-state index contributed by atoms with van der Waals surface area (Å²) in [4.78, 5) is 34.9. The van der Waals surface area contributed by atoms with Crippen LogP contribution in [-0.4, -0.2) is 61.1 Å². The third-order valence-electron chi connectivity index (χ3n) is 2.35. The predicted molar refractivity (Wildman–Crippen MR) is 69.6 cm³/mol. The molecule has 0 heterocycles. The van der Waals surface area contributed by atoms with Gasteiger partial charge in [-0.15, -0.1) is 0 Å². The normalized spacial score (nSPS) is 11.9. The summed E-state index contributed by atoms with van der Waals surface area (Å²) in [5, 5.41) is 13.7. The molecule has 0 aromatic carbocycles. The molecule has 0 aromatic rings. The quantitative estimate of drug-likeness (QED) is 0.399. The van der Waals surface area contributed by atoms with Crippen LogP contribution in [0.4, 0.5) is 4.79 Å². The largest absolute Gasteiger partial charge is 0.480 e. The van der Waals surface area contributed by atoms with Gasteiger partial charge in [-0.1, -0.05) is 0 Å². The number of hydrogen-bond acceptors (Lipinski definition) is 4. The zero-order valence-corrected chi connectivity index (χ0v) is 11.3. The SMILES string of the molecule is CN(C)CCCNC(=O)N[C@H](CCC(N)=O)C(=O)O. The summed E-state index contributed by atoms with van der Waals surface area (Å²) in [5.41, 5.74) is 4.93. The average molecular weight is 274 g/mol. The summed E-state index contributed by atoms with van der Waals surface area (Å²) in [6, 6.07) is -1.67. The van der Waals surface area contributed by atoms with E-state index in [1.807, 2.05) is 19.0 Å². The molecule has 110 valence electrons. The van der Waals surface area contributed by atoms with Crippen molar-refractivity contribution in [2.45, 2.75) is 25.3 Å². The van der Waals surface area contributed by atoms with Crippen LogP contribution < -0.4 is 16.4 Å². The first-order valence-electron chi connectivity index (χ1n) is 6.03. The maximum Gasteiger partial charge on any atom is 0.326 e. The molecule has 0 saturated carbocycles. The summed E-state index contributed by atoms with van der Waals surface area (Å²) in [5.74, 6) is -1.79. The van der Waals surface area contributed by atoms with Gasteiger partial charge in [0.25, 0.3) is 0 Å². The minimum atomic E-state index is -1.19. The summed E-state index contributed by atoms with van der Waals surface area (Å²) in [7, 11) is 3.84. The Morgan fingerprint density at radius 3 is 2.42 bits per heavy atom. The first kappa shape index (κ1) is 17.2. The van der Waals surface area contributed by atoms with Crippen LogP contribution in [0.5, 0.6) is 0 Å². The number of nitrogens with one attached hydrogen (secondary N) is 2. The van der Waals surface area contributed by atoms with Gasteiger partial charge in [-0.25, -0.2) is 9.59 Å². The maximum atomic E-state index is 11.4. The summed E-state index contributed by atoms with van der Waals surface area (Å²) >= 11 is 0. The van der Waals surface area contributed by atoms with Gasteiger partial charge in [-0.2, -0.15) is 0 Å². The van der Waals surface area contributed by atoms with Crippen LogP contribution in [0.3, 0.4) is 0 Å². The lowest BCUT2D eigenvalue weighted by atomic mass is 10.1. The molecule has 8 nitrogen and oxygen atoms in total. The van der Waals surface area contributed by atoms with E-state index in [4.69, 9.17) is 10.8 Å². The lowest BCUT2D eigenvalue weighted by Gasteiger charge is -2.15. The topological polar surface area (TPSA) is 125 Å². The van der Waals surface area contributed by atoms with Crippen molar-refractivity contribution in [2.24, 2.45) is 5.73 Å². The highest BCUT2D eigenvalue weighted by Gasteiger charge is 2.20. The van der Waals surface area contributed by atoms with E-state index < -0.39 is 23.9 Å². The molecule has 0 aliphatic heterocycles. The van der Waals surface area contributed by atoms with E-state index in [2.05, 4.69) is 10.6 Å². The van der Waals surface area contributed by atoms with Crippen molar-refractivity contribution < 1.29 is 19.5 Å². The standard InChI is InChI=1S/C11H22N4O4/c1-15(2)7-3-6-13-11(19)14-8(10(17)18)4-5-9(12)16/h8H,3-7H2,1-2H3,(H2,12,16)(H,17,18)(H2,13,14,19)/t8-/m1/s1. The van der Waals surface area contributed by atoms with Crippen LogP contribution in [0.25, 0.3) is 0 Å². The lowest BCUT2D eigenvalue weighted by molar-refractivity contribution is -0.139. The highest BCUT2D eigenvalue weighted by atomic mass is 16.4. The second kappa shape index (κ2) is 9.15. The number of amides is 3. The van der Waals surface area contributed by atoms with Crippen LogP contribution in [-0.2, 0) is 9.59 Å². The van der Waals surface area contributed by atoms with Gasteiger partial charge in [0.1, 0.15) is 6.04 Å². The number of carboxylic acids is 1. The Balaban J connectivity index is 3.96. The monoisotopic (exact) mass is 274 g/mol. The number of carboxylic acid groups (broad SMARTS) is 1. The zero-order valence-electron chi connectivity index (χ0n) is 11.3. The van der Waals surface area contributed by atoms with Crippen LogP contribution in [0, 0.1) is 0 Å². The molecule has 0 aromatic heterocycles. The van der Waals surface area contributed by atoms with Gasteiger partial charge in [-0.3, -0.25) is 4.79 Å². The number of carbonyl (C=O) groups is 3. The highest BCUT2D eigenvalue weighted by Crippen LogP contribution is 1.97. The molecule has 0 aliphatic rings. The van der Waals surface area contributed by atoms with Crippen LogP contribution in [0.15, 0.2) is 0 Å². The van der Waals surface area contributed by atoms with Gasteiger partial charge in [0.2, 0.25) is 5.91 Å². The number of aliphatic carboxylic acids is 1. The number of nitrogens with zero attached hydrogens (tertiary/aromatic N) is 1. The van der Waals surface area contributed by atoms with E-state index in [9.17, 15) is 14.4 Å². The van der Waals surface area contributed by atoms with Crippen molar-refractivity contribution in [1.29, 1.82) is 0 Å². The fraction of sp³-hybridized carbons (Fsp3) is 0.727. The van der Waals surface area contributed by atoms with Gasteiger partial charge >= 0.3 is 12.0 Å². The van der Waals surface area contributed by atoms with Crippen molar-refractivity contribution in [3.05, 3.63) is 0 Å². The first-order valence-corrected chi connectivity index (χ1v) is 6.03. The molecule has 19 heavy (non-hydrogen) atoms. The second-order valence-corrected chi connectivity index (χ2v) is 4.45. The lowest BCUT2D eigenvalue weighted by Crippen LogP contribution is -2.46. The van der Waals surface area contributed by atoms with Gasteiger partial charge in [-0.05, 0) is 33.5 Å². The Kier molecular flexibility index (Phi) is 8.27. The molecule has 0 rings (SSSR count). The number of carbonyl (C=O) groups excluding carboxylic acids is 2. The van der Waals surface area contributed by atoms with E-state index in [1.165, 1.54) is 0 Å². The summed E-state index contributed by atoms with van der Waals surface area (Å²) in [6.45, 7) is 1.27. The third kappa shape index (κ3) is 9.83. The minimum Gasteiger partial charge on any atom is -0.480 e. The Morgan fingerprint density at radius 1 is 1.32 bits per heavy atom. The van der Waals surface area contributed by atoms with E-state index in [-0.39, 0.29) is 12.8 Å². The summed E-state index contributed by atoms with van der Waals surface area (Å²) in [6.07, 6.45) is 0.660. The second-order valence-electron chi connectivity index (χ2n) is 4.45. The fourth-order valence-corrected chi connectivity index (χ4v) is 1.35. The predicted octanol–water partition coefficient (Wildman–Crippen LogP) is -1.04. The molecular formula is C11H22N4O4. The molecule has 0 fully saturated rings. The Labute approximate surface area is 112 Å². The van der Waals surface area contributed by atoms with Gasteiger partial charge in [0, 0.05) is 13.0 Å². The molecule has 5 N–H and O–H groups in total. The summed E-state index contributed by atoms with van der Waals surface area (Å²) < 4.78 is 0. The molecule has 0 bridgehead atoms. The molecular weight excluding hydrogens is 252 g/mol. The van der Waals surface area contributed by atoms with Crippen LogP contribution >= 0.6 is 0 Å². The fourth-order valence-electron chi connectivity index (χ4n) is 1.35. The molecule has 0 saturated heterocycles. The van der Waals surface area contributed by atoms with Gasteiger partial charge in [0.05, 0.1) is 0 Å². The molecule has 0 aliphatic carbocycles. The zero-order chi connectivity index (χ0) is 14.8. The number of hydrogen-bond donors (Lipinski definition) is 4. The van der Waals surface area contributed by atoms with Crippen molar-refractivity contribution >= 4 is 17.9 Å². The van der Waals surface area contributed by atoms with E-state index in [0.29, 0.717) is 6.54 Å². The van der Waals surface area contributed by atoms with E-state index >= 15 is 0 Å². The van der Waals surface area contributed by atoms with Gasteiger partial charge in [0.15, 0.2) is 0 Å². The molecule has 0 spiro atoms. The maximum absolute atomic E-state index is 11.4. The van der Waals surface area contributed by atoms with Crippen molar-refractivity contribution in [2.75, 3.05) is 27.2 Å². The smallest absolute Gasteiger partial charge is 0.326 e. The Bertz CT molecular complexity index is 320. The van der Waals surface area contributed by atoms with Crippen molar-refractivity contribution in [1.82, 2.24) is 15.5 Å². The molecule has 3 amide bonds. The Morgan fingerprint density at radius 2 is 1.95 bits per heavy atom. The van der Waals surface area contributed by atoms with E-state index in [1.54, 1.807) is 0 Å². The molecule has 8 heteroatoms. The number of urea groups is 1. The Hall–Kier alpha value is -1.83. The van der Waals surface area contributed by atoms with Crippen LogP contribution in [0.1, 0.15) is 19.3 Å². The van der Waals surface area contributed by atoms with E-state index in [0.717, 1.165) is 13.0 Å². The van der Waals surface area contributed by atoms with Crippen LogP contribution in [0.2, 0.25) is 0 Å².